The predicted molar refractivity (Wildman–Crippen MR) is 91.5 cm³/mol. The summed E-state index contributed by atoms with van der Waals surface area (Å²) < 4.78 is 1.87. The minimum absolute atomic E-state index is 0.0601. The summed E-state index contributed by atoms with van der Waals surface area (Å²) >= 11 is 0. The second-order valence-corrected chi connectivity index (χ2v) is 6.09. The molecule has 0 spiro atoms. The average molecular weight is 334 g/mol. The fourth-order valence-electron chi connectivity index (χ4n) is 3.22. The molecular weight excluding hydrogens is 316 g/mol. The largest absolute Gasteiger partial charge is 0.327 e. The van der Waals surface area contributed by atoms with Crippen LogP contribution < -0.4 is 0 Å². The molecule has 4 rings (SSSR count). The third-order valence-corrected chi connectivity index (χ3v) is 4.46. The van der Waals surface area contributed by atoms with Gasteiger partial charge in [-0.1, -0.05) is 30.3 Å². The van der Waals surface area contributed by atoms with Crippen LogP contribution in [0.2, 0.25) is 0 Å². The number of benzene rings is 1. The highest BCUT2D eigenvalue weighted by atomic mass is 16.2. The molecule has 126 valence electrons. The number of nitrogens with zero attached hydrogens (tertiary/aromatic N) is 6. The van der Waals surface area contributed by atoms with Crippen molar-refractivity contribution in [1.82, 2.24) is 29.6 Å². The molecule has 0 bridgehead atoms. The van der Waals surface area contributed by atoms with E-state index in [0.717, 1.165) is 24.2 Å². The number of rotatable bonds is 3. The number of aromatic nitrogens is 5. The van der Waals surface area contributed by atoms with Crippen LogP contribution in [0.15, 0.2) is 48.9 Å². The Labute approximate surface area is 145 Å². The molecule has 1 aliphatic heterocycles. The van der Waals surface area contributed by atoms with Crippen molar-refractivity contribution in [3.63, 3.8) is 0 Å². The Bertz CT molecular complexity index is 891. The lowest BCUT2D eigenvalue weighted by molar-refractivity contribution is 0.0722. The molecule has 1 amide bonds. The van der Waals surface area contributed by atoms with Gasteiger partial charge in [0.05, 0.1) is 6.04 Å². The maximum absolute atomic E-state index is 13.0. The van der Waals surface area contributed by atoms with Crippen molar-refractivity contribution in [3.8, 4) is 11.4 Å². The lowest BCUT2D eigenvalue weighted by Crippen LogP contribution is -2.32. The van der Waals surface area contributed by atoms with Crippen molar-refractivity contribution in [3.05, 3.63) is 60.4 Å². The first-order valence-corrected chi connectivity index (χ1v) is 8.27. The molecule has 25 heavy (non-hydrogen) atoms. The Kier molecular flexibility index (Phi) is 3.97. The molecule has 3 heterocycles. The van der Waals surface area contributed by atoms with Gasteiger partial charge >= 0.3 is 0 Å². The van der Waals surface area contributed by atoms with Gasteiger partial charge in [-0.25, -0.2) is 9.97 Å². The van der Waals surface area contributed by atoms with Gasteiger partial charge in [-0.15, -0.1) is 10.2 Å². The Morgan fingerprint density at radius 3 is 2.80 bits per heavy atom. The van der Waals surface area contributed by atoms with Crippen molar-refractivity contribution in [2.45, 2.75) is 18.9 Å². The molecule has 1 unspecified atom stereocenters. The Morgan fingerprint density at radius 1 is 1.20 bits per heavy atom. The van der Waals surface area contributed by atoms with Crippen LogP contribution in [0.4, 0.5) is 0 Å². The Morgan fingerprint density at radius 2 is 2.04 bits per heavy atom. The SMILES string of the molecule is Cn1cnnc1C1CCCN1C(=O)c1ccnc(-c2ccccc2)n1. The van der Waals surface area contributed by atoms with Crippen LogP contribution in [0.1, 0.15) is 35.2 Å². The van der Waals surface area contributed by atoms with E-state index >= 15 is 0 Å². The highest BCUT2D eigenvalue weighted by Crippen LogP contribution is 2.31. The standard InChI is InChI=1S/C18H18N6O/c1-23-12-20-22-17(23)15-8-5-11-24(15)18(25)14-9-10-19-16(21-14)13-6-3-2-4-7-13/h2-4,6-7,9-10,12,15H,5,8,11H2,1H3. The summed E-state index contributed by atoms with van der Waals surface area (Å²) in [5.41, 5.74) is 1.30. The number of likely N-dealkylation sites (tertiary alicyclic amines) is 1. The third kappa shape index (κ3) is 2.88. The number of carbonyl (C=O) groups is 1. The minimum Gasteiger partial charge on any atom is -0.327 e. The molecule has 0 N–H and O–H groups in total. The third-order valence-electron chi connectivity index (χ3n) is 4.46. The topological polar surface area (TPSA) is 76.8 Å². The first-order chi connectivity index (χ1) is 12.2. The number of hydrogen-bond acceptors (Lipinski definition) is 5. The van der Waals surface area contributed by atoms with Gasteiger partial charge < -0.3 is 9.47 Å². The molecule has 0 radical (unpaired) electrons. The molecule has 3 aromatic rings. The first-order valence-electron chi connectivity index (χ1n) is 8.27. The maximum Gasteiger partial charge on any atom is 0.273 e. The zero-order valence-electron chi connectivity index (χ0n) is 13.9. The molecule has 7 nitrogen and oxygen atoms in total. The lowest BCUT2D eigenvalue weighted by Gasteiger charge is -2.23. The van der Waals surface area contributed by atoms with Gasteiger partial charge in [0.2, 0.25) is 0 Å². The molecule has 1 aliphatic rings. The number of hydrogen-bond donors (Lipinski definition) is 0. The van der Waals surface area contributed by atoms with Crippen molar-refractivity contribution in [1.29, 1.82) is 0 Å². The van der Waals surface area contributed by atoms with Crippen LogP contribution in [-0.2, 0) is 7.05 Å². The predicted octanol–water partition coefficient (Wildman–Crippen LogP) is 2.25. The number of amides is 1. The van der Waals surface area contributed by atoms with Gasteiger partial charge in [-0.3, -0.25) is 4.79 Å². The fourth-order valence-corrected chi connectivity index (χ4v) is 3.22. The van der Waals surface area contributed by atoms with Crippen LogP contribution in [0, 0.1) is 0 Å². The van der Waals surface area contributed by atoms with E-state index in [1.807, 2.05) is 46.8 Å². The van der Waals surface area contributed by atoms with Crippen molar-refractivity contribution < 1.29 is 4.79 Å². The average Bonchev–Trinajstić information content (AvgIpc) is 3.30. The van der Waals surface area contributed by atoms with E-state index in [2.05, 4.69) is 20.2 Å². The summed E-state index contributed by atoms with van der Waals surface area (Å²) in [5.74, 6) is 1.27. The monoisotopic (exact) mass is 334 g/mol. The molecule has 1 saturated heterocycles. The smallest absolute Gasteiger partial charge is 0.273 e. The minimum atomic E-state index is -0.0925. The fraction of sp³-hybridized carbons (Fsp3) is 0.278. The quantitative estimate of drug-likeness (QED) is 0.734. The molecule has 0 saturated carbocycles. The molecular formula is C18H18N6O. The van der Waals surface area contributed by atoms with Gasteiger partial charge in [0.1, 0.15) is 12.0 Å². The second-order valence-electron chi connectivity index (χ2n) is 6.09. The zero-order valence-corrected chi connectivity index (χ0v) is 13.9. The van der Waals surface area contributed by atoms with E-state index in [4.69, 9.17) is 0 Å². The highest BCUT2D eigenvalue weighted by molar-refractivity contribution is 5.93. The van der Waals surface area contributed by atoms with Gasteiger partial charge in [0, 0.05) is 25.4 Å². The lowest BCUT2D eigenvalue weighted by atomic mass is 10.2. The Balaban J connectivity index is 1.64. The van der Waals surface area contributed by atoms with Crippen LogP contribution in [-0.4, -0.2) is 42.1 Å². The van der Waals surface area contributed by atoms with E-state index in [9.17, 15) is 4.79 Å². The van der Waals surface area contributed by atoms with E-state index in [-0.39, 0.29) is 11.9 Å². The molecule has 2 aromatic heterocycles. The summed E-state index contributed by atoms with van der Waals surface area (Å²) in [6.07, 6.45) is 5.12. The summed E-state index contributed by atoms with van der Waals surface area (Å²) in [7, 11) is 1.90. The van der Waals surface area contributed by atoms with E-state index < -0.39 is 0 Å². The normalized spacial score (nSPS) is 17.0. The second kappa shape index (κ2) is 6.43. The van der Waals surface area contributed by atoms with E-state index in [1.54, 1.807) is 18.6 Å². The Hall–Kier alpha value is -3.09. The molecule has 1 fully saturated rings. The maximum atomic E-state index is 13.0. The molecule has 0 aliphatic carbocycles. The van der Waals surface area contributed by atoms with Crippen LogP contribution in [0.3, 0.4) is 0 Å². The van der Waals surface area contributed by atoms with Gasteiger partial charge in [-0.2, -0.15) is 0 Å². The summed E-state index contributed by atoms with van der Waals surface area (Å²) in [4.78, 5) is 23.6. The van der Waals surface area contributed by atoms with Crippen LogP contribution in [0.25, 0.3) is 11.4 Å². The number of aryl methyl sites for hydroxylation is 1. The zero-order chi connectivity index (χ0) is 17.2. The van der Waals surface area contributed by atoms with Crippen molar-refractivity contribution in [2.24, 2.45) is 7.05 Å². The van der Waals surface area contributed by atoms with Gasteiger partial charge in [-0.05, 0) is 18.9 Å². The first kappa shape index (κ1) is 15.4. The molecule has 1 aromatic carbocycles. The summed E-state index contributed by atoms with van der Waals surface area (Å²) in [6.45, 7) is 0.695. The summed E-state index contributed by atoms with van der Waals surface area (Å²) in [5, 5.41) is 8.11. The molecule has 7 heteroatoms. The van der Waals surface area contributed by atoms with Crippen molar-refractivity contribution in [2.75, 3.05) is 6.54 Å². The molecule has 1 atom stereocenters. The van der Waals surface area contributed by atoms with E-state index in [0.29, 0.717) is 18.1 Å². The van der Waals surface area contributed by atoms with Gasteiger partial charge in [0.25, 0.3) is 5.91 Å². The van der Waals surface area contributed by atoms with Crippen LogP contribution in [0.5, 0.6) is 0 Å². The van der Waals surface area contributed by atoms with Gasteiger partial charge in [0.15, 0.2) is 11.6 Å². The van der Waals surface area contributed by atoms with Crippen molar-refractivity contribution >= 4 is 5.91 Å². The summed E-state index contributed by atoms with van der Waals surface area (Å²) in [6, 6.07) is 11.3. The van der Waals surface area contributed by atoms with Crippen LogP contribution >= 0.6 is 0 Å². The van der Waals surface area contributed by atoms with E-state index in [1.165, 1.54) is 0 Å². The highest BCUT2D eigenvalue weighted by Gasteiger charge is 2.34. The number of carbonyl (C=O) groups excluding carboxylic acids is 1.